The number of ketones is 1. The van der Waals surface area contributed by atoms with E-state index in [-0.39, 0.29) is 29.0 Å². The number of hydrogen-bond acceptors (Lipinski definition) is 5. The molecule has 2 unspecified atom stereocenters. The smallest absolute Gasteiger partial charge is 0.159 e. The Morgan fingerprint density at radius 2 is 1.81 bits per heavy atom. The summed E-state index contributed by atoms with van der Waals surface area (Å²) in [6, 6.07) is 3.06. The first-order valence-corrected chi connectivity index (χ1v) is 11.3. The van der Waals surface area contributed by atoms with Crippen LogP contribution >= 0.6 is 0 Å². The molecular formula is C27H38O5. The summed E-state index contributed by atoms with van der Waals surface area (Å²) in [4.78, 5) is 12.4. The van der Waals surface area contributed by atoms with Crippen LogP contribution in [-0.4, -0.2) is 38.9 Å². The highest BCUT2D eigenvalue weighted by molar-refractivity contribution is 5.91. The maximum atomic E-state index is 12.4. The second-order valence-corrected chi connectivity index (χ2v) is 9.61. The van der Waals surface area contributed by atoms with Crippen molar-refractivity contribution >= 4 is 5.78 Å². The highest BCUT2D eigenvalue weighted by atomic mass is 16.6. The molecule has 1 aliphatic rings. The van der Waals surface area contributed by atoms with Gasteiger partial charge in [0.05, 0.1) is 17.8 Å². The molecule has 32 heavy (non-hydrogen) atoms. The Balaban J connectivity index is 1.80. The number of carbonyl (C=O) groups excluding carboxylic acids is 1. The lowest BCUT2D eigenvalue weighted by Crippen LogP contribution is -2.15. The number of ether oxygens (including phenoxy) is 1. The first kappa shape index (κ1) is 25.9. The Kier molecular flexibility index (Phi) is 8.88. The molecule has 2 rings (SSSR count). The van der Waals surface area contributed by atoms with Crippen LogP contribution < -0.4 is 0 Å². The molecule has 0 saturated carbocycles. The normalized spacial score (nSPS) is 19.7. The van der Waals surface area contributed by atoms with Gasteiger partial charge >= 0.3 is 0 Å². The topological polar surface area (TPSA) is 90.3 Å². The van der Waals surface area contributed by atoms with Gasteiger partial charge in [0.25, 0.3) is 0 Å². The van der Waals surface area contributed by atoms with Crippen LogP contribution in [0.4, 0.5) is 0 Å². The van der Waals surface area contributed by atoms with Crippen LogP contribution in [0.5, 0.6) is 11.5 Å². The number of allylic oxidation sites excluding steroid dienone is 5. The van der Waals surface area contributed by atoms with E-state index in [1.165, 1.54) is 6.07 Å². The minimum Gasteiger partial charge on any atom is -0.508 e. The van der Waals surface area contributed by atoms with Gasteiger partial charge in [-0.25, -0.2) is 0 Å². The number of aryl methyl sites for hydroxylation is 1. The Labute approximate surface area is 192 Å². The Morgan fingerprint density at radius 3 is 2.44 bits per heavy atom. The van der Waals surface area contributed by atoms with Crippen LogP contribution in [0, 0.1) is 6.92 Å². The van der Waals surface area contributed by atoms with Gasteiger partial charge in [-0.2, -0.15) is 0 Å². The summed E-state index contributed by atoms with van der Waals surface area (Å²) in [6.45, 7) is 11.6. The van der Waals surface area contributed by atoms with Gasteiger partial charge in [0, 0.05) is 18.4 Å². The van der Waals surface area contributed by atoms with Gasteiger partial charge < -0.3 is 20.1 Å². The van der Waals surface area contributed by atoms with Crippen LogP contribution in [0.3, 0.4) is 0 Å². The third-order valence-corrected chi connectivity index (χ3v) is 6.03. The van der Waals surface area contributed by atoms with E-state index >= 15 is 0 Å². The van der Waals surface area contributed by atoms with E-state index in [0.717, 1.165) is 29.6 Å². The zero-order valence-electron chi connectivity index (χ0n) is 20.2. The maximum absolute atomic E-state index is 12.4. The van der Waals surface area contributed by atoms with Gasteiger partial charge in [0.1, 0.15) is 11.5 Å². The van der Waals surface area contributed by atoms with Crippen molar-refractivity contribution in [3.05, 3.63) is 58.2 Å². The van der Waals surface area contributed by atoms with Crippen molar-refractivity contribution in [1.29, 1.82) is 0 Å². The predicted octanol–water partition coefficient (Wildman–Crippen LogP) is 5.46. The second kappa shape index (κ2) is 11.0. The molecule has 0 amide bonds. The maximum Gasteiger partial charge on any atom is 0.159 e. The van der Waals surface area contributed by atoms with Crippen LogP contribution in [0.1, 0.15) is 71.4 Å². The quantitative estimate of drug-likeness (QED) is 0.183. The fourth-order valence-corrected chi connectivity index (χ4v) is 3.73. The molecule has 2 atom stereocenters. The Bertz CT molecular complexity index is 920. The fourth-order valence-electron chi connectivity index (χ4n) is 3.73. The Morgan fingerprint density at radius 1 is 1.16 bits per heavy atom. The molecular weight excluding hydrogens is 404 g/mol. The molecule has 0 aliphatic carbocycles. The number of epoxide rings is 1. The average Bonchev–Trinajstić information content (AvgIpc) is 3.28. The molecule has 1 aliphatic heterocycles. The first-order chi connectivity index (χ1) is 14.9. The molecule has 0 spiro atoms. The number of aliphatic hydroxyl groups is 1. The molecule has 0 aromatic heterocycles. The standard InChI is InChI=1S/C27H38O5/c1-17(8-7-9-19(3)24(30)16-25-27(5,6)32-25)12-22(28)13-18(2)10-11-21-15-23(29)14-20(4)26(21)31/h9-10,12,14-15,24-25,29-31H,7-8,11,13,16H2,1-6H3/b17-12-,18-10+,19-9+. The van der Waals surface area contributed by atoms with Gasteiger partial charge in [-0.1, -0.05) is 23.3 Å². The fraction of sp³-hybridized carbons (Fsp3) is 0.519. The van der Waals surface area contributed by atoms with Crippen LogP contribution in [0.25, 0.3) is 0 Å². The summed E-state index contributed by atoms with van der Waals surface area (Å²) in [7, 11) is 0. The number of phenolic OH excluding ortho intramolecular Hbond substituents is 2. The number of carbonyl (C=O) groups is 1. The lowest BCUT2D eigenvalue weighted by atomic mass is 9.99. The minimum absolute atomic E-state index is 0.0430. The first-order valence-electron chi connectivity index (χ1n) is 11.3. The Hall–Kier alpha value is -2.37. The molecule has 1 saturated heterocycles. The highest BCUT2D eigenvalue weighted by Gasteiger charge is 2.48. The summed E-state index contributed by atoms with van der Waals surface area (Å²) < 4.78 is 5.54. The molecule has 1 fully saturated rings. The summed E-state index contributed by atoms with van der Waals surface area (Å²) in [5.74, 6) is 0.342. The summed E-state index contributed by atoms with van der Waals surface area (Å²) in [5.41, 5.74) is 4.03. The number of rotatable bonds is 11. The average molecular weight is 443 g/mol. The predicted molar refractivity (Wildman–Crippen MR) is 128 cm³/mol. The van der Waals surface area contributed by atoms with Crippen molar-refractivity contribution in [2.45, 2.75) is 91.5 Å². The van der Waals surface area contributed by atoms with Crippen molar-refractivity contribution in [1.82, 2.24) is 0 Å². The molecule has 1 aromatic carbocycles. The second-order valence-electron chi connectivity index (χ2n) is 9.61. The number of hydrogen-bond donors (Lipinski definition) is 3. The molecule has 176 valence electrons. The third-order valence-electron chi connectivity index (χ3n) is 6.03. The van der Waals surface area contributed by atoms with Crippen LogP contribution in [0.2, 0.25) is 0 Å². The molecule has 0 bridgehead atoms. The molecule has 1 heterocycles. The molecule has 1 aromatic rings. The molecule has 0 radical (unpaired) electrons. The van der Waals surface area contributed by atoms with Crippen molar-refractivity contribution in [2.24, 2.45) is 0 Å². The minimum atomic E-state index is -0.491. The highest BCUT2D eigenvalue weighted by Crippen LogP contribution is 2.39. The van der Waals surface area contributed by atoms with Crippen molar-refractivity contribution in [3.8, 4) is 11.5 Å². The van der Waals surface area contributed by atoms with Crippen LogP contribution in [0.15, 0.2) is 47.1 Å². The number of aromatic hydroxyl groups is 2. The number of aliphatic hydroxyl groups excluding tert-OH is 1. The van der Waals surface area contributed by atoms with E-state index in [2.05, 4.69) is 0 Å². The summed E-state index contributed by atoms with van der Waals surface area (Å²) in [5, 5.41) is 30.1. The lowest BCUT2D eigenvalue weighted by molar-refractivity contribution is -0.114. The van der Waals surface area contributed by atoms with Crippen molar-refractivity contribution in [3.63, 3.8) is 0 Å². The number of benzene rings is 1. The van der Waals surface area contributed by atoms with E-state index < -0.39 is 6.10 Å². The van der Waals surface area contributed by atoms with E-state index in [1.54, 1.807) is 19.1 Å². The van der Waals surface area contributed by atoms with E-state index in [4.69, 9.17) is 4.74 Å². The van der Waals surface area contributed by atoms with E-state index in [1.807, 2.05) is 46.8 Å². The van der Waals surface area contributed by atoms with Gasteiger partial charge in [-0.3, -0.25) is 4.79 Å². The van der Waals surface area contributed by atoms with Crippen molar-refractivity contribution < 1.29 is 24.9 Å². The van der Waals surface area contributed by atoms with E-state index in [9.17, 15) is 20.1 Å². The molecule has 3 N–H and O–H groups in total. The SMILES string of the molecule is C/C(=C/C(=O)C/C(C)=C/Cc1cc(O)cc(C)c1O)CC/C=C(\C)C(O)CC1OC1(C)C. The largest absolute Gasteiger partial charge is 0.508 e. The molecule has 5 heteroatoms. The van der Waals surface area contributed by atoms with E-state index in [0.29, 0.717) is 30.4 Å². The number of phenols is 2. The van der Waals surface area contributed by atoms with Crippen LogP contribution in [-0.2, 0) is 16.0 Å². The van der Waals surface area contributed by atoms with Gasteiger partial charge in [0.2, 0.25) is 0 Å². The zero-order chi connectivity index (χ0) is 24.1. The molecule has 5 nitrogen and oxygen atoms in total. The van der Waals surface area contributed by atoms with Gasteiger partial charge in [0.15, 0.2) is 5.78 Å². The van der Waals surface area contributed by atoms with Gasteiger partial charge in [-0.15, -0.1) is 0 Å². The van der Waals surface area contributed by atoms with Crippen molar-refractivity contribution in [2.75, 3.05) is 0 Å². The van der Waals surface area contributed by atoms with Gasteiger partial charge in [-0.05, 0) is 90.2 Å². The monoisotopic (exact) mass is 442 g/mol. The summed E-state index contributed by atoms with van der Waals surface area (Å²) >= 11 is 0. The third kappa shape index (κ3) is 7.95. The summed E-state index contributed by atoms with van der Waals surface area (Å²) in [6.07, 6.45) is 8.20. The lowest BCUT2D eigenvalue weighted by Gasteiger charge is -2.10. The zero-order valence-corrected chi connectivity index (χ0v) is 20.2.